The number of fused-ring (bicyclic) bond motifs is 1. The van der Waals surface area contributed by atoms with E-state index in [4.69, 9.17) is 9.72 Å². The van der Waals surface area contributed by atoms with Crippen LogP contribution in [0.15, 0.2) is 72.9 Å². The lowest BCUT2D eigenvalue weighted by molar-refractivity contribution is 0.0917. The van der Waals surface area contributed by atoms with Gasteiger partial charge in [0.05, 0.1) is 24.2 Å². The van der Waals surface area contributed by atoms with Crippen molar-refractivity contribution >= 4 is 16.9 Å². The standard InChI is InChI=1S/C26H28N4O2/c1-18(2)24(29-26(31)22-11-7-8-15-27-22)25-28-21-13-12-20(32-3)17-23(21)30(25)16-14-19-9-5-4-6-10-19/h4-13,15,17-18,24H,14,16H2,1-3H3,(H,29,31). The molecule has 0 fully saturated rings. The van der Waals surface area contributed by atoms with Crippen LogP contribution in [0.5, 0.6) is 5.75 Å². The Hall–Kier alpha value is -3.67. The summed E-state index contributed by atoms with van der Waals surface area (Å²) in [4.78, 5) is 22.0. The van der Waals surface area contributed by atoms with Gasteiger partial charge in [-0.15, -0.1) is 0 Å². The van der Waals surface area contributed by atoms with E-state index < -0.39 is 0 Å². The summed E-state index contributed by atoms with van der Waals surface area (Å²) in [6.45, 7) is 4.92. The Morgan fingerprint density at radius 2 is 1.84 bits per heavy atom. The minimum Gasteiger partial charge on any atom is -0.497 e. The first-order chi connectivity index (χ1) is 15.6. The second-order valence-electron chi connectivity index (χ2n) is 8.12. The van der Waals surface area contributed by atoms with Gasteiger partial charge in [0.25, 0.3) is 5.91 Å². The van der Waals surface area contributed by atoms with Gasteiger partial charge >= 0.3 is 0 Å². The van der Waals surface area contributed by atoms with Gasteiger partial charge in [0.2, 0.25) is 0 Å². The summed E-state index contributed by atoms with van der Waals surface area (Å²) in [6.07, 6.45) is 2.48. The van der Waals surface area contributed by atoms with Crippen molar-refractivity contribution in [3.8, 4) is 5.75 Å². The number of carbonyl (C=O) groups is 1. The number of pyridine rings is 1. The van der Waals surface area contributed by atoms with Crippen molar-refractivity contribution < 1.29 is 9.53 Å². The van der Waals surface area contributed by atoms with E-state index in [1.807, 2.05) is 30.3 Å². The van der Waals surface area contributed by atoms with Gasteiger partial charge in [0, 0.05) is 18.8 Å². The fraction of sp³-hybridized carbons (Fsp3) is 0.269. The molecule has 6 nitrogen and oxygen atoms in total. The lowest BCUT2D eigenvalue weighted by Gasteiger charge is -2.23. The molecule has 0 saturated carbocycles. The number of nitrogens with zero attached hydrogens (tertiary/aromatic N) is 3. The molecule has 4 aromatic rings. The average molecular weight is 429 g/mol. The van der Waals surface area contributed by atoms with Gasteiger partial charge in [-0.1, -0.05) is 50.2 Å². The Balaban J connectivity index is 1.73. The quantitative estimate of drug-likeness (QED) is 0.437. The molecule has 2 aromatic carbocycles. The highest BCUT2D eigenvalue weighted by Gasteiger charge is 2.26. The van der Waals surface area contributed by atoms with E-state index in [1.54, 1.807) is 25.4 Å². The zero-order chi connectivity index (χ0) is 22.5. The molecule has 0 bridgehead atoms. The van der Waals surface area contributed by atoms with Gasteiger partial charge in [-0.25, -0.2) is 4.98 Å². The Morgan fingerprint density at radius 1 is 1.06 bits per heavy atom. The fourth-order valence-electron chi connectivity index (χ4n) is 3.85. The molecule has 32 heavy (non-hydrogen) atoms. The molecule has 0 radical (unpaired) electrons. The van der Waals surface area contributed by atoms with Crippen LogP contribution in [0.4, 0.5) is 0 Å². The highest BCUT2D eigenvalue weighted by Crippen LogP contribution is 2.29. The van der Waals surface area contributed by atoms with Crippen LogP contribution >= 0.6 is 0 Å². The van der Waals surface area contributed by atoms with E-state index in [-0.39, 0.29) is 17.9 Å². The number of rotatable bonds is 8. The lowest BCUT2D eigenvalue weighted by Crippen LogP contribution is -2.34. The molecule has 0 spiro atoms. The van der Waals surface area contributed by atoms with Gasteiger partial charge in [-0.05, 0) is 42.2 Å². The van der Waals surface area contributed by atoms with Crippen molar-refractivity contribution in [1.29, 1.82) is 0 Å². The smallest absolute Gasteiger partial charge is 0.270 e. The number of nitrogens with one attached hydrogen (secondary N) is 1. The Kier molecular flexibility index (Phi) is 6.50. The van der Waals surface area contributed by atoms with Crippen molar-refractivity contribution in [2.24, 2.45) is 5.92 Å². The van der Waals surface area contributed by atoms with E-state index >= 15 is 0 Å². The van der Waals surface area contributed by atoms with E-state index in [9.17, 15) is 4.79 Å². The number of aromatic nitrogens is 3. The number of ether oxygens (including phenoxy) is 1. The fourth-order valence-corrected chi connectivity index (χ4v) is 3.85. The van der Waals surface area contributed by atoms with E-state index in [0.29, 0.717) is 5.69 Å². The summed E-state index contributed by atoms with van der Waals surface area (Å²) >= 11 is 0. The molecule has 2 heterocycles. The zero-order valence-corrected chi connectivity index (χ0v) is 18.7. The first-order valence-electron chi connectivity index (χ1n) is 10.9. The molecule has 164 valence electrons. The second-order valence-corrected chi connectivity index (χ2v) is 8.12. The van der Waals surface area contributed by atoms with Gasteiger partial charge in [0.1, 0.15) is 17.3 Å². The number of amides is 1. The number of aryl methyl sites for hydroxylation is 2. The van der Waals surface area contributed by atoms with Crippen LogP contribution < -0.4 is 10.1 Å². The molecule has 0 aliphatic rings. The van der Waals surface area contributed by atoms with Crippen LogP contribution in [0.3, 0.4) is 0 Å². The van der Waals surface area contributed by atoms with Crippen LogP contribution in [0.2, 0.25) is 0 Å². The van der Waals surface area contributed by atoms with Crippen LogP contribution in [0.1, 0.15) is 41.8 Å². The normalized spacial score (nSPS) is 12.1. The monoisotopic (exact) mass is 428 g/mol. The van der Waals surface area contributed by atoms with Crippen LogP contribution in [0.25, 0.3) is 11.0 Å². The highest BCUT2D eigenvalue weighted by molar-refractivity contribution is 5.92. The summed E-state index contributed by atoms with van der Waals surface area (Å²) in [5, 5.41) is 3.16. The number of carbonyl (C=O) groups excluding carboxylic acids is 1. The summed E-state index contributed by atoms with van der Waals surface area (Å²) < 4.78 is 7.66. The third kappa shape index (κ3) is 4.64. The van der Waals surface area contributed by atoms with Crippen molar-refractivity contribution in [1.82, 2.24) is 19.9 Å². The molecule has 1 atom stereocenters. The van der Waals surface area contributed by atoms with Crippen LogP contribution in [-0.2, 0) is 13.0 Å². The predicted octanol–water partition coefficient (Wildman–Crippen LogP) is 4.81. The highest BCUT2D eigenvalue weighted by atomic mass is 16.5. The molecular formula is C26H28N4O2. The van der Waals surface area contributed by atoms with Gasteiger partial charge in [-0.2, -0.15) is 0 Å². The molecule has 2 aromatic heterocycles. The SMILES string of the molecule is COc1ccc2nc(C(NC(=O)c3ccccn3)C(C)C)n(CCc3ccccc3)c2c1. The summed E-state index contributed by atoms with van der Waals surface area (Å²) in [5.74, 6) is 1.55. The molecule has 6 heteroatoms. The summed E-state index contributed by atoms with van der Waals surface area (Å²) in [7, 11) is 1.66. The molecule has 1 N–H and O–H groups in total. The third-order valence-electron chi connectivity index (χ3n) is 5.58. The largest absolute Gasteiger partial charge is 0.497 e. The average Bonchev–Trinajstić information content (AvgIpc) is 3.19. The minimum atomic E-state index is -0.265. The molecule has 0 saturated heterocycles. The van der Waals surface area contributed by atoms with Gasteiger partial charge in [-0.3, -0.25) is 9.78 Å². The number of methoxy groups -OCH3 is 1. The number of benzene rings is 2. The number of hydrogen-bond donors (Lipinski definition) is 1. The third-order valence-corrected chi connectivity index (χ3v) is 5.58. The predicted molar refractivity (Wildman–Crippen MR) is 126 cm³/mol. The number of hydrogen-bond acceptors (Lipinski definition) is 4. The Labute approximate surface area is 188 Å². The first-order valence-corrected chi connectivity index (χ1v) is 10.9. The molecular weight excluding hydrogens is 400 g/mol. The van der Waals surface area contributed by atoms with E-state index in [1.165, 1.54) is 5.56 Å². The van der Waals surface area contributed by atoms with E-state index in [0.717, 1.165) is 35.6 Å². The topological polar surface area (TPSA) is 69.0 Å². The van der Waals surface area contributed by atoms with E-state index in [2.05, 4.69) is 53.0 Å². The van der Waals surface area contributed by atoms with Crippen molar-refractivity contribution in [3.05, 3.63) is 90.0 Å². The molecule has 0 aliphatic carbocycles. The van der Waals surface area contributed by atoms with Crippen molar-refractivity contribution in [2.75, 3.05) is 7.11 Å². The second kappa shape index (κ2) is 9.64. The summed E-state index contributed by atoms with van der Waals surface area (Å²) in [5.41, 5.74) is 3.52. The number of imidazole rings is 1. The maximum Gasteiger partial charge on any atom is 0.270 e. The Bertz CT molecular complexity index is 1190. The zero-order valence-electron chi connectivity index (χ0n) is 18.7. The molecule has 4 rings (SSSR count). The van der Waals surface area contributed by atoms with Gasteiger partial charge in [0.15, 0.2) is 0 Å². The first kappa shape index (κ1) is 21.6. The summed E-state index contributed by atoms with van der Waals surface area (Å²) in [6, 6.07) is 21.3. The van der Waals surface area contributed by atoms with Gasteiger partial charge < -0.3 is 14.6 Å². The van der Waals surface area contributed by atoms with Crippen LogP contribution in [-0.4, -0.2) is 27.6 Å². The molecule has 1 unspecified atom stereocenters. The maximum absolute atomic E-state index is 12.9. The maximum atomic E-state index is 12.9. The Morgan fingerprint density at radius 3 is 2.53 bits per heavy atom. The van der Waals surface area contributed by atoms with Crippen LogP contribution in [0, 0.1) is 5.92 Å². The molecule has 0 aliphatic heterocycles. The minimum absolute atomic E-state index is 0.136. The van der Waals surface area contributed by atoms with Crippen molar-refractivity contribution in [2.45, 2.75) is 32.9 Å². The molecule has 1 amide bonds. The lowest BCUT2D eigenvalue weighted by atomic mass is 10.0. The van der Waals surface area contributed by atoms with Crippen molar-refractivity contribution in [3.63, 3.8) is 0 Å².